The minimum Gasteiger partial charge on any atom is -0.468 e. The van der Waals surface area contributed by atoms with Crippen LogP contribution in [0.1, 0.15) is 19.4 Å². The summed E-state index contributed by atoms with van der Waals surface area (Å²) in [4.78, 5) is 24.7. The van der Waals surface area contributed by atoms with Crippen molar-refractivity contribution < 1.29 is 14.3 Å². The van der Waals surface area contributed by atoms with Crippen LogP contribution >= 0.6 is 0 Å². The van der Waals surface area contributed by atoms with E-state index < -0.39 is 5.97 Å². The number of ether oxygens (including phenoxy) is 1. The van der Waals surface area contributed by atoms with Crippen LogP contribution < -0.4 is 0 Å². The number of nitrogens with zero attached hydrogens (tertiary/aromatic N) is 3. The quantitative estimate of drug-likeness (QED) is 0.584. The van der Waals surface area contributed by atoms with Gasteiger partial charge in [-0.15, -0.1) is 0 Å². The molecule has 1 rings (SSSR count). The number of carbonyl (C=O) groups is 2. The van der Waals surface area contributed by atoms with Gasteiger partial charge in [-0.25, -0.2) is 0 Å². The molecule has 0 aliphatic carbocycles. The van der Waals surface area contributed by atoms with Gasteiger partial charge in [0.25, 0.3) is 0 Å². The topological polar surface area (TPSA) is 64.4 Å². The van der Waals surface area contributed by atoms with E-state index in [4.69, 9.17) is 0 Å². The number of hydrogen-bond donors (Lipinski definition) is 0. The molecule has 104 valence electrons. The molecule has 0 radical (unpaired) electrons. The zero-order valence-corrected chi connectivity index (χ0v) is 11.7. The van der Waals surface area contributed by atoms with Gasteiger partial charge in [-0.3, -0.25) is 14.3 Å². The summed E-state index contributed by atoms with van der Waals surface area (Å²) in [6.45, 7) is 3.64. The number of carbonyl (C=O) groups excluding carboxylic acids is 2. The van der Waals surface area contributed by atoms with Gasteiger partial charge in [0.15, 0.2) is 0 Å². The molecule has 1 aromatic heterocycles. The van der Waals surface area contributed by atoms with E-state index >= 15 is 0 Å². The van der Waals surface area contributed by atoms with E-state index in [1.165, 1.54) is 18.1 Å². The molecule has 0 bridgehead atoms. The SMILES string of the molecule is COC(=O)CN(C(=O)C=Cc1cnn(C)c1)C(C)C. The second-order valence-corrected chi connectivity index (χ2v) is 4.42. The van der Waals surface area contributed by atoms with Crippen molar-refractivity contribution in [3.63, 3.8) is 0 Å². The summed E-state index contributed by atoms with van der Waals surface area (Å²) in [6, 6.07) is -0.0786. The van der Waals surface area contributed by atoms with Gasteiger partial charge in [-0.2, -0.15) is 5.10 Å². The Kier molecular flexibility index (Phi) is 5.29. The molecule has 19 heavy (non-hydrogen) atoms. The maximum absolute atomic E-state index is 12.0. The molecule has 0 fully saturated rings. The minimum atomic E-state index is -0.433. The van der Waals surface area contributed by atoms with Crippen LogP contribution in [0.25, 0.3) is 6.08 Å². The molecule has 0 spiro atoms. The summed E-state index contributed by atoms with van der Waals surface area (Å²) in [5.41, 5.74) is 0.831. The Hall–Kier alpha value is -2.11. The van der Waals surface area contributed by atoms with Crippen molar-refractivity contribution in [3.05, 3.63) is 24.0 Å². The Bertz CT molecular complexity index is 477. The molecule has 0 aliphatic rings. The van der Waals surface area contributed by atoms with Crippen LogP contribution in [-0.4, -0.2) is 46.3 Å². The standard InChI is InChI=1S/C13H19N3O3/c1-10(2)16(9-13(18)19-4)12(17)6-5-11-7-14-15(3)8-11/h5-8,10H,9H2,1-4H3. The third kappa shape index (κ3) is 4.57. The fourth-order valence-corrected chi connectivity index (χ4v) is 1.51. The van der Waals surface area contributed by atoms with Gasteiger partial charge < -0.3 is 9.64 Å². The third-order valence-corrected chi connectivity index (χ3v) is 2.58. The highest BCUT2D eigenvalue weighted by atomic mass is 16.5. The Morgan fingerprint density at radius 3 is 2.68 bits per heavy atom. The third-order valence-electron chi connectivity index (χ3n) is 2.58. The highest BCUT2D eigenvalue weighted by Crippen LogP contribution is 2.04. The molecule has 0 aliphatic heterocycles. The number of methoxy groups -OCH3 is 1. The lowest BCUT2D eigenvalue weighted by molar-refractivity contribution is -0.146. The lowest BCUT2D eigenvalue weighted by Crippen LogP contribution is -2.40. The van der Waals surface area contributed by atoms with Gasteiger partial charge in [-0.05, 0) is 19.9 Å². The number of esters is 1. The maximum Gasteiger partial charge on any atom is 0.325 e. The fraction of sp³-hybridized carbons (Fsp3) is 0.462. The van der Waals surface area contributed by atoms with Gasteiger partial charge in [-0.1, -0.05) is 0 Å². The molecule has 0 saturated heterocycles. The van der Waals surface area contributed by atoms with E-state index in [2.05, 4.69) is 9.84 Å². The van der Waals surface area contributed by atoms with E-state index in [0.29, 0.717) is 0 Å². The number of aromatic nitrogens is 2. The number of aryl methyl sites for hydroxylation is 1. The van der Waals surface area contributed by atoms with Crippen molar-refractivity contribution in [1.82, 2.24) is 14.7 Å². The van der Waals surface area contributed by atoms with Crippen molar-refractivity contribution in [2.75, 3.05) is 13.7 Å². The monoisotopic (exact) mass is 265 g/mol. The minimum absolute atomic E-state index is 0.0512. The Labute approximate surface area is 112 Å². The van der Waals surface area contributed by atoms with Crippen molar-refractivity contribution in [2.45, 2.75) is 19.9 Å². The van der Waals surface area contributed by atoms with Crippen molar-refractivity contribution in [2.24, 2.45) is 7.05 Å². The molecule has 0 aromatic carbocycles. The Morgan fingerprint density at radius 1 is 1.53 bits per heavy atom. The molecule has 1 amide bonds. The highest BCUT2D eigenvalue weighted by molar-refractivity contribution is 5.93. The maximum atomic E-state index is 12.0. The van der Waals surface area contributed by atoms with Crippen LogP contribution in [0.2, 0.25) is 0 Å². The van der Waals surface area contributed by atoms with Gasteiger partial charge in [0.2, 0.25) is 5.91 Å². The van der Waals surface area contributed by atoms with Gasteiger partial charge in [0.05, 0.1) is 13.3 Å². The predicted molar refractivity (Wildman–Crippen MR) is 71.1 cm³/mol. The van der Waals surface area contributed by atoms with E-state index in [0.717, 1.165) is 5.56 Å². The second-order valence-electron chi connectivity index (χ2n) is 4.42. The second kappa shape index (κ2) is 6.72. The van der Waals surface area contributed by atoms with Crippen LogP contribution in [0.15, 0.2) is 18.5 Å². The smallest absolute Gasteiger partial charge is 0.325 e. The molecule has 6 nitrogen and oxygen atoms in total. The van der Waals surface area contributed by atoms with Crippen LogP contribution in [0.5, 0.6) is 0 Å². The summed E-state index contributed by atoms with van der Waals surface area (Å²) in [5, 5.41) is 4.00. The van der Waals surface area contributed by atoms with Crippen LogP contribution in [0, 0.1) is 0 Å². The van der Waals surface area contributed by atoms with Gasteiger partial charge in [0, 0.05) is 30.9 Å². The summed E-state index contributed by atoms with van der Waals surface area (Å²) in [5.74, 6) is -0.666. The number of rotatable bonds is 5. The van der Waals surface area contributed by atoms with Crippen molar-refractivity contribution in [3.8, 4) is 0 Å². The highest BCUT2D eigenvalue weighted by Gasteiger charge is 2.18. The number of hydrogen-bond acceptors (Lipinski definition) is 4. The lowest BCUT2D eigenvalue weighted by atomic mass is 10.2. The molecular formula is C13H19N3O3. The first-order chi connectivity index (χ1) is 8.93. The van der Waals surface area contributed by atoms with Crippen LogP contribution in [0.3, 0.4) is 0 Å². The molecule has 0 atom stereocenters. The average Bonchev–Trinajstić information content (AvgIpc) is 2.78. The molecular weight excluding hydrogens is 246 g/mol. The Morgan fingerprint density at radius 2 is 2.21 bits per heavy atom. The van der Waals surface area contributed by atoms with Crippen LogP contribution in [-0.2, 0) is 21.4 Å². The molecule has 6 heteroatoms. The van der Waals surface area contributed by atoms with Gasteiger partial charge >= 0.3 is 5.97 Å². The van der Waals surface area contributed by atoms with Crippen LogP contribution in [0.4, 0.5) is 0 Å². The summed E-state index contributed by atoms with van der Waals surface area (Å²) >= 11 is 0. The largest absolute Gasteiger partial charge is 0.468 e. The molecule has 0 N–H and O–H groups in total. The Balaban J connectivity index is 2.72. The van der Waals surface area contributed by atoms with Gasteiger partial charge in [0.1, 0.15) is 6.54 Å². The van der Waals surface area contributed by atoms with Crippen molar-refractivity contribution >= 4 is 18.0 Å². The average molecular weight is 265 g/mol. The predicted octanol–water partition coefficient (Wildman–Crippen LogP) is 0.843. The lowest BCUT2D eigenvalue weighted by Gasteiger charge is -2.23. The normalized spacial score (nSPS) is 11.0. The van der Waals surface area contributed by atoms with E-state index in [9.17, 15) is 9.59 Å². The number of amides is 1. The first-order valence-corrected chi connectivity index (χ1v) is 5.98. The summed E-state index contributed by atoms with van der Waals surface area (Å²) in [7, 11) is 3.10. The molecule has 0 saturated carbocycles. The summed E-state index contributed by atoms with van der Waals surface area (Å²) in [6.07, 6.45) is 6.55. The zero-order valence-electron chi connectivity index (χ0n) is 11.7. The first-order valence-electron chi connectivity index (χ1n) is 5.98. The van der Waals surface area contributed by atoms with Crippen molar-refractivity contribution in [1.29, 1.82) is 0 Å². The molecule has 0 unspecified atom stereocenters. The molecule has 1 aromatic rings. The molecule has 1 heterocycles. The fourth-order valence-electron chi connectivity index (χ4n) is 1.51. The van der Waals surface area contributed by atoms with E-state index in [1.54, 1.807) is 30.2 Å². The van der Waals surface area contributed by atoms with E-state index in [1.807, 2.05) is 13.8 Å². The zero-order chi connectivity index (χ0) is 14.4. The summed E-state index contributed by atoms with van der Waals surface area (Å²) < 4.78 is 6.23. The first kappa shape index (κ1) is 14.9. The van der Waals surface area contributed by atoms with E-state index in [-0.39, 0.29) is 18.5 Å².